The molecule has 0 radical (unpaired) electrons. The zero-order valence-corrected chi connectivity index (χ0v) is 12.7. The van der Waals surface area contributed by atoms with E-state index in [4.69, 9.17) is 17.3 Å². The van der Waals surface area contributed by atoms with Gasteiger partial charge in [0.25, 0.3) is 0 Å². The maximum Gasteiger partial charge on any atom is 0.101 e. The number of nitrogens with zero attached hydrogens (tertiary/aromatic N) is 2. The second-order valence-corrected chi connectivity index (χ2v) is 6.00. The standard InChI is InChI=1S/C15H22ClN3/c1-4-7-19(11-15(2,3)10-18)14-8-13(16)6-5-12(14)9-17/h5-6,8H,4,7,10-11,18H2,1-3H3. The molecule has 0 aromatic heterocycles. The van der Waals surface area contributed by atoms with Crippen molar-refractivity contribution in [2.24, 2.45) is 11.1 Å². The Labute approximate surface area is 121 Å². The lowest BCUT2D eigenvalue weighted by molar-refractivity contribution is 0.377. The van der Waals surface area contributed by atoms with Gasteiger partial charge in [-0.25, -0.2) is 0 Å². The quantitative estimate of drug-likeness (QED) is 0.868. The van der Waals surface area contributed by atoms with E-state index in [1.54, 1.807) is 12.1 Å². The topological polar surface area (TPSA) is 53.0 Å². The van der Waals surface area contributed by atoms with Gasteiger partial charge in [0, 0.05) is 18.1 Å². The van der Waals surface area contributed by atoms with Gasteiger partial charge >= 0.3 is 0 Å². The monoisotopic (exact) mass is 279 g/mol. The minimum atomic E-state index is 0.00418. The molecular formula is C15H22ClN3. The summed E-state index contributed by atoms with van der Waals surface area (Å²) < 4.78 is 0. The van der Waals surface area contributed by atoms with Crippen molar-refractivity contribution in [1.29, 1.82) is 5.26 Å². The summed E-state index contributed by atoms with van der Waals surface area (Å²) in [6.07, 6.45) is 1.01. The van der Waals surface area contributed by atoms with Gasteiger partial charge < -0.3 is 10.6 Å². The van der Waals surface area contributed by atoms with Crippen molar-refractivity contribution < 1.29 is 0 Å². The molecule has 104 valence electrons. The van der Waals surface area contributed by atoms with Crippen LogP contribution in [0.3, 0.4) is 0 Å². The third-order valence-corrected chi connectivity index (χ3v) is 3.32. The Hall–Kier alpha value is -1.24. The van der Waals surface area contributed by atoms with E-state index in [2.05, 4.69) is 31.7 Å². The maximum absolute atomic E-state index is 9.24. The lowest BCUT2D eigenvalue weighted by Crippen LogP contribution is -2.39. The van der Waals surface area contributed by atoms with E-state index in [9.17, 15) is 5.26 Å². The van der Waals surface area contributed by atoms with Gasteiger partial charge in [-0.15, -0.1) is 0 Å². The Bertz CT molecular complexity index is 463. The Morgan fingerprint density at radius 2 is 2.11 bits per heavy atom. The average Bonchev–Trinajstić information content (AvgIpc) is 2.38. The summed E-state index contributed by atoms with van der Waals surface area (Å²) in [7, 11) is 0. The van der Waals surface area contributed by atoms with Crippen molar-refractivity contribution in [3.8, 4) is 6.07 Å². The average molecular weight is 280 g/mol. The van der Waals surface area contributed by atoms with Gasteiger partial charge in [-0.05, 0) is 36.6 Å². The highest BCUT2D eigenvalue weighted by Crippen LogP contribution is 2.27. The third kappa shape index (κ3) is 4.41. The summed E-state index contributed by atoms with van der Waals surface area (Å²) in [5.74, 6) is 0. The van der Waals surface area contributed by atoms with Gasteiger partial charge in [0.2, 0.25) is 0 Å². The molecular weight excluding hydrogens is 258 g/mol. The normalized spacial score (nSPS) is 11.2. The molecule has 0 unspecified atom stereocenters. The van der Waals surface area contributed by atoms with Crippen molar-refractivity contribution >= 4 is 17.3 Å². The number of hydrogen-bond acceptors (Lipinski definition) is 3. The SMILES string of the molecule is CCCN(CC(C)(C)CN)c1cc(Cl)ccc1C#N. The summed E-state index contributed by atoms with van der Waals surface area (Å²) in [5, 5.41) is 9.89. The van der Waals surface area contributed by atoms with Crippen LogP contribution in [0.25, 0.3) is 0 Å². The molecule has 0 atom stereocenters. The van der Waals surface area contributed by atoms with Gasteiger partial charge in [0.05, 0.1) is 11.3 Å². The van der Waals surface area contributed by atoms with Crippen molar-refractivity contribution in [2.45, 2.75) is 27.2 Å². The van der Waals surface area contributed by atoms with Gasteiger partial charge in [-0.2, -0.15) is 5.26 Å². The summed E-state index contributed by atoms with van der Waals surface area (Å²) in [6.45, 7) is 8.69. The minimum Gasteiger partial charge on any atom is -0.370 e. The van der Waals surface area contributed by atoms with Crippen LogP contribution in [0.4, 0.5) is 5.69 Å². The van der Waals surface area contributed by atoms with Crippen LogP contribution in [0.5, 0.6) is 0 Å². The van der Waals surface area contributed by atoms with Crippen LogP contribution in [0.15, 0.2) is 18.2 Å². The van der Waals surface area contributed by atoms with Crippen molar-refractivity contribution in [3.05, 3.63) is 28.8 Å². The summed E-state index contributed by atoms with van der Waals surface area (Å²) >= 11 is 6.06. The Morgan fingerprint density at radius 1 is 1.42 bits per heavy atom. The molecule has 0 spiro atoms. The molecule has 0 fully saturated rings. The molecule has 0 aliphatic rings. The lowest BCUT2D eigenvalue weighted by Gasteiger charge is -2.33. The van der Waals surface area contributed by atoms with Crippen LogP contribution >= 0.6 is 11.6 Å². The van der Waals surface area contributed by atoms with Gasteiger partial charge in [0.1, 0.15) is 6.07 Å². The molecule has 19 heavy (non-hydrogen) atoms. The number of nitriles is 1. The molecule has 0 aliphatic heterocycles. The second kappa shape index (κ2) is 6.79. The molecule has 0 amide bonds. The molecule has 0 saturated carbocycles. The van der Waals surface area contributed by atoms with Crippen molar-refractivity contribution in [1.82, 2.24) is 0 Å². The molecule has 0 bridgehead atoms. The molecule has 0 heterocycles. The fraction of sp³-hybridized carbons (Fsp3) is 0.533. The first-order valence-electron chi connectivity index (χ1n) is 6.58. The number of benzene rings is 1. The summed E-state index contributed by atoms with van der Waals surface area (Å²) in [6, 6.07) is 7.62. The Morgan fingerprint density at radius 3 is 2.63 bits per heavy atom. The first-order valence-corrected chi connectivity index (χ1v) is 6.96. The first kappa shape index (κ1) is 15.8. The molecule has 0 saturated heterocycles. The molecule has 0 aliphatic carbocycles. The molecule has 1 rings (SSSR count). The van der Waals surface area contributed by atoms with Crippen LogP contribution in [0.1, 0.15) is 32.8 Å². The maximum atomic E-state index is 9.24. The van der Waals surface area contributed by atoms with Crippen LogP contribution in [0, 0.1) is 16.7 Å². The van der Waals surface area contributed by atoms with Crippen LogP contribution in [-0.2, 0) is 0 Å². The van der Waals surface area contributed by atoms with E-state index in [1.165, 1.54) is 0 Å². The zero-order valence-electron chi connectivity index (χ0n) is 11.9. The van der Waals surface area contributed by atoms with Gasteiger partial charge in [-0.3, -0.25) is 0 Å². The molecule has 1 aromatic rings. The third-order valence-electron chi connectivity index (χ3n) is 3.09. The molecule has 3 nitrogen and oxygen atoms in total. The van der Waals surface area contributed by atoms with Gasteiger partial charge in [-0.1, -0.05) is 32.4 Å². The number of halogens is 1. The van der Waals surface area contributed by atoms with Gasteiger partial charge in [0.15, 0.2) is 0 Å². The number of anilines is 1. The second-order valence-electron chi connectivity index (χ2n) is 5.56. The highest BCUT2D eigenvalue weighted by molar-refractivity contribution is 6.30. The lowest BCUT2D eigenvalue weighted by atomic mass is 9.92. The predicted octanol–water partition coefficient (Wildman–Crippen LogP) is 3.41. The van der Waals surface area contributed by atoms with E-state index in [-0.39, 0.29) is 5.41 Å². The van der Waals surface area contributed by atoms with E-state index < -0.39 is 0 Å². The zero-order chi connectivity index (χ0) is 14.5. The van der Waals surface area contributed by atoms with E-state index in [1.807, 2.05) is 6.07 Å². The Balaban J connectivity index is 3.12. The number of hydrogen-bond donors (Lipinski definition) is 1. The molecule has 4 heteroatoms. The smallest absolute Gasteiger partial charge is 0.101 e. The fourth-order valence-electron chi connectivity index (χ4n) is 2.00. The van der Waals surface area contributed by atoms with E-state index in [0.29, 0.717) is 17.1 Å². The highest BCUT2D eigenvalue weighted by atomic mass is 35.5. The van der Waals surface area contributed by atoms with E-state index in [0.717, 1.165) is 25.2 Å². The fourth-order valence-corrected chi connectivity index (χ4v) is 2.16. The summed E-state index contributed by atoms with van der Waals surface area (Å²) in [5.41, 5.74) is 7.38. The van der Waals surface area contributed by atoms with Crippen LogP contribution in [0.2, 0.25) is 5.02 Å². The van der Waals surface area contributed by atoms with Crippen molar-refractivity contribution in [3.63, 3.8) is 0 Å². The molecule has 1 aromatic carbocycles. The van der Waals surface area contributed by atoms with Crippen LogP contribution in [-0.4, -0.2) is 19.6 Å². The number of nitrogens with two attached hydrogens (primary N) is 1. The minimum absolute atomic E-state index is 0.00418. The first-order chi connectivity index (χ1) is 8.93. The largest absolute Gasteiger partial charge is 0.370 e. The van der Waals surface area contributed by atoms with Crippen LogP contribution < -0.4 is 10.6 Å². The summed E-state index contributed by atoms with van der Waals surface area (Å²) in [4.78, 5) is 2.21. The molecule has 2 N–H and O–H groups in total. The highest BCUT2D eigenvalue weighted by Gasteiger charge is 2.21. The Kier molecular flexibility index (Phi) is 5.65. The predicted molar refractivity (Wildman–Crippen MR) is 81.5 cm³/mol. The van der Waals surface area contributed by atoms with Crippen molar-refractivity contribution in [2.75, 3.05) is 24.5 Å². The van der Waals surface area contributed by atoms with E-state index >= 15 is 0 Å². The number of rotatable bonds is 6.